The molecule has 0 radical (unpaired) electrons. The second-order valence-electron chi connectivity index (χ2n) is 4.72. The number of esters is 1. The molecule has 2 unspecified atom stereocenters. The molecule has 8 heteroatoms. The monoisotopic (exact) mass is 336 g/mol. The molecule has 0 spiro atoms. The molecule has 0 aliphatic heterocycles. The number of carbonyl (C=O) groups is 1. The van der Waals surface area contributed by atoms with Crippen LogP contribution in [0, 0.1) is 5.92 Å². The summed E-state index contributed by atoms with van der Waals surface area (Å²) in [5, 5.41) is 17.4. The fourth-order valence-corrected chi connectivity index (χ4v) is 2.63. The lowest BCUT2D eigenvalue weighted by Crippen LogP contribution is -2.28. The van der Waals surface area contributed by atoms with E-state index < -0.39 is 16.1 Å². The van der Waals surface area contributed by atoms with Crippen LogP contribution in [0.3, 0.4) is 0 Å². The van der Waals surface area contributed by atoms with Gasteiger partial charge in [0.05, 0.1) is 39.6 Å². The Bertz CT molecular complexity index is 299. The number of carbonyl (C=O) groups excluding carboxylic acids is 1. The van der Waals surface area contributed by atoms with Crippen molar-refractivity contribution in [3.63, 3.8) is 0 Å². The van der Waals surface area contributed by atoms with Crippen LogP contribution in [0.1, 0.15) is 13.8 Å². The average Bonchev–Trinajstić information content (AvgIpc) is 2.50. The van der Waals surface area contributed by atoms with Gasteiger partial charge in [-0.05, 0) is 18.9 Å². The summed E-state index contributed by atoms with van der Waals surface area (Å²) in [6, 6.07) is 0.835. The first-order valence-corrected chi connectivity index (χ1v) is 9.03. The van der Waals surface area contributed by atoms with E-state index in [-0.39, 0.29) is 44.9 Å². The summed E-state index contributed by atoms with van der Waals surface area (Å²) >= 11 is 0. The van der Waals surface area contributed by atoms with Gasteiger partial charge in [0.2, 0.25) is 0 Å². The minimum absolute atomic E-state index is 0.0568. The molecule has 0 saturated heterocycles. The van der Waals surface area contributed by atoms with E-state index in [9.17, 15) is 4.79 Å². The Labute approximate surface area is 134 Å². The molecule has 0 rings (SSSR count). The van der Waals surface area contributed by atoms with Crippen LogP contribution in [0.5, 0.6) is 0 Å². The Morgan fingerprint density at radius 1 is 1.23 bits per heavy atom. The number of hydrogen-bond donors (Lipinski definition) is 2. The molecule has 0 aromatic heterocycles. The predicted molar refractivity (Wildman–Crippen MR) is 84.1 cm³/mol. The summed E-state index contributed by atoms with van der Waals surface area (Å²) in [5.74, 6) is -0.115. The smallest absolute Gasteiger partial charge is 0.330 e. The maximum Gasteiger partial charge on any atom is 0.330 e. The highest BCUT2D eigenvalue weighted by Gasteiger charge is 2.12. The molecule has 2 atom stereocenters. The second-order valence-corrected chi connectivity index (χ2v) is 6.04. The van der Waals surface area contributed by atoms with E-state index in [1.165, 1.54) is 6.08 Å². The van der Waals surface area contributed by atoms with Gasteiger partial charge in [0.15, 0.2) is 16.1 Å². The Morgan fingerprint density at radius 2 is 1.95 bits per heavy atom. The molecule has 0 bridgehead atoms. The lowest BCUT2D eigenvalue weighted by Gasteiger charge is -2.19. The molecule has 0 aliphatic rings. The first kappa shape index (κ1) is 21.2. The number of aliphatic hydroxyl groups excluding tert-OH is 2. The van der Waals surface area contributed by atoms with E-state index in [1.807, 2.05) is 6.92 Å². The van der Waals surface area contributed by atoms with Crippen molar-refractivity contribution in [2.45, 2.75) is 26.2 Å². The molecule has 7 nitrogen and oxygen atoms in total. The van der Waals surface area contributed by atoms with E-state index in [1.54, 1.807) is 13.0 Å². The summed E-state index contributed by atoms with van der Waals surface area (Å²) in [7, 11) is -0.861. The number of hydrogen-bond acceptors (Lipinski definition) is 7. The quantitative estimate of drug-likeness (QED) is 0.147. The SMILES string of the molecule is CC=CC(=O)OCC(C)C[SiH2]OC(COCCO)OCCO. The van der Waals surface area contributed by atoms with Gasteiger partial charge in [0, 0.05) is 6.08 Å². The van der Waals surface area contributed by atoms with Gasteiger partial charge in [0.25, 0.3) is 0 Å². The van der Waals surface area contributed by atoms with Crippen LogP contribution in [0.25, 0.3) is 0 Å². The normalized spacial score (nSPS) is 14.7. The molecule has 22 heavy (non-hydrogen) atoms. The summed E-state index contributed by atoms with van der Waals surface area (Å²) in [6.07, 6.45) is 2.50. The minimum atomic E-state index is -0.861. The number of allylic oxidation sites excluding steroid dienone is 1. The zero-order chi connectivity index (χ0) is 16.6. The third-order valence-corrected chi connectivity index (χ3v) is 4.44. The van der Waals surface area contributed by atoms with Gasteiger partial charge in [-0.15, -0.1) is 0 Å². The zero-order valence-corrected chi connectivity index (χ0v) is 14.8. The highest BCUT2D eigenvalue weighted by atomic mass is 28.2. The van der Waals surface area contributed by atoms with Crippen LogP contribution in [0.4, 0.5) is 0 Å². The molecular weight excluding hydrogens is 308 g/mol. The van der Waals surface area contributed by atoms with E-state index >= 15 is 0 Å². The van der Waals surface area contributed by atoms with Crippen LogP contribution in [0.15, 0.2) is 12.2 Å². The van der Waals surface area contributed by atoms with Gasteiger partial charge in [-0.3, -0.25) is 0 Å². The molecule has 0 aromatic rings. The highest BCUT2D eigenvalue weighted by molar-refractivity contribution is 6.27. The van der Waals surface area contributed by atoms with Crippen LogP contribution >= 0.6 is 0 Å². The van der Waals surface area contributed by atoms with Gasteiger partial charge in [0.1, 0.15) is 0 Å². The molecular formula is C14H28O7Si. The van der Waals surface area contributed by atoms with E-state index in [2.05, 4.69) is 0 Å². The summed E-state index contributed by atoms with van der Waals surface area (Å²) in [5.41, 5.74) is 0. The first-order valence-electron chi connectivity index (χ1n) is 7.46. The minimum Gasteiger partial charge on any atom is -0.462 e. The van der Waals surface area contributed by atoms with Crippen molar-refractivity contribution in [1.29, 1.82) is 0 Å². The van der Waals surface area contributed by atoms with Crippen molar-refractivity contribution in [2.75, 3.05) is 39.6 Å². The maximum atomic E-state index is 11.2. The van der Waals surface area contributed by atoms with Gasteiger partial charge >= 0.3 is 5.97 Å². The number of aliphatic hydroxyl groups is 2. The van der Waals surface area contributed by atoms with Gasteiger partial charge in [-0.2, -0.15) is 0 Å². The number of rotatable bonds is 14. The molecule has 0 aliphatic carbocycles. The average molecular weight is 336 g/mol. The summed E-state index contributed by atoms with van der Waals surface area (Å²) < 4.78 is 21.2. The fourth-order valence-electron chi connectivity index (χ4n) is 1.47. The van der Waals surface area contributed by atoms with E-state index in [0.29, 0.717) is 6.61 Å². The molecule has 2 N–H and O–H groups in total. The topological polar surface area (TPSA) is 94.5 Å². The fraction of sp³-hybridized carbons (Fsp3) is 0.786. The predicted octanol–water partition coefficient (Wildman–Crippen LogP) is -0.396. The third kappa shape index (κ3) is 12.9. The van der Waals surface area contributed by atoms with Gasteiger partial charge in [-0.25, -0.2) is 4.79 Å². The van der Waals surface area contributed by atoms with Crippen molar-refractivity contribution < 1.29 is 33.6 Å². The van der Waals surface area contributed by atoms with Crippen LogP contribution < -0.4 is 0 Å². The lowest BCUT2D eigenvalue weighted by atomic mass is 10.2. The molecule has 0 amide bonds. The second kappa shape index (κ2) is 15.1. The van der Waals surface area contributed by atoms with Crippen molar-refractivity contribution >= 4 is 15.7 Å². The Balaban J connectivity index is 3.85. The molecule has 0 aromatic carbocycles. The molecule has 0 heterocycles. The Morgan fingerprint density at radius 3 is 2.59 bits per heavy atom. The number of ether oxygens (including phenoxy) is 3. The lowest BCUT2D eigenvalue weighted by molar-refractivity contribution is -0.139. The molecule has 130 valence electrons. The van der Waals surface area contributed by atoms with Crippen molar-refractivity contribution in [1.82, 2.24) is 0 Å². The van der Waals surface area contributed by atoms with Crippen LogP contribution in [0.2, 0.25) is 6.04 Å². The highest BCUT2D eigenvalue weighted by Crippen LogP contribution is 2.05. The van der Waals surface area contributed by atoms with Gasteiger partial charge < -0.3 is 28.8 Å². The zero-order valence-electron chi connectivity index (χ0n) is 13.4. The Hall–Kier alpha value is -0.773. The third-order valence-electron chi connectivity index (χ3n) is 2.61. The Kier molecular flexibility index (Phi) is 14.6. The van der Waals surface area contributed by atoms with Crippen molar-refractivity contribution in [2.24, 2.45) is 5.92 Å². The van der Waals surface area contributed by atoms with Crippen LogP contribution in [-0.4, -0.2) is 71.9 Å². The van der Waals surface area contributed by atoms with E-state index in [0.717, 1.165) is 6.04 Å². The first-order chi connectivity index (χ1) is 10.6. The van der Waals surface area contributed by atoms with Crippen molar-refractivity contribution in [3.8, 4) is 0 Å². The largest absolute Gasteiger partial charge is 0.462 e. The molecule has 0 fully saturated rings. The van der Waals surface area contributed by atoms with Crippen LogP contribution in [-0.2, 0) is 23.4 Å². The van der Waals surface area contributed by atoms with Gasteiger partial charge in [-0.1, -0.05) is 13.0 Å². The maximum absolute atomic E-state index is 11.2. The standard InChI is InChI=1S/C14H28O7Si/c1-3-4-13(17)20-9-12(2)11-22-21-14(19-8-6-16)10-18-7-5-15/h3-4,12,14-16H,5-11,22H2,1-2H3. The van der Waals surface area contributed by atoms with E-state index in [4.69, 9.17) is 28.8 Å². The summed E-state index contributed by atoms with van der Waals surface area (Å²) in [6.45, 7) is 4.60. The molecule has 0 saturated carbocycles. The summed E-state index contributed by atoms with van der Waals surface area (Å²) in [4.78, 5) is 11.2. The van der Waals surface area contributed by atoms with Crippen molar-refractivity contribution in [3.05, 3.63) is 12.2 Å².